The van der Waals surface area contributed by atoms with Gasteiger partial charge in [0, 0.05) is 18.1 Å². The van der Waals surface area contributed by atoms with Gasteiger partial charge in [-0.05, 0) is 30.0 Å². The lowest BCUT2D eigenvalue weighted by Gasteiger charge is -2.26. The van der Waals surface area contributed by atoms with Gasteiger partial charge in [-0.2, -0.15) is 0 Å². The van der Waals surface area contributed by atoms with Crippen LogP contribution in [0.3, 0.4) is 0 Å². The van der Waals surface area contributed by atoms with Crippen molar-refractivity contribution >= 4 is 23.6 Å². The summed E-state index contributed by atoms with van der Waals surface area (Å²) in [5.41, 5.74) is 0.988. The number of hydrogen-bond donors (Lipinski definition) is 2. The van der Waals surface area contributed by atoms with E-state index >= 15 is 0 Å². The maximum atomic E-state index is 12.4. The van der Waals surface area contributed by atoms with Gasteiger partial charge in [-0.15, -0.1) is 0 Å². The number of halogens is 1. The highest BCUT2D eigenvalue weighted by Gasteiger charge is 2.32. The van der Waals surface area contributed by atoms with Crippen molar-refractivity contribution in [3.63, 3.8) is 0 Å². The number of rotatable bonds is 4. The van der Waals surface area contributed by atoms with Gasteiger partial charge >= 0.3 is 12.0 Å². The standard InChI is InChI=1S/C16H21ClN2O3/c1-10(2)14(11-3-5-13(17)6-4-11)18-16(22)19-8-7-12(9-19)15(20)21/h3-6,10,12,14H,7-9H2,1-2H3,(H,18,22)(H,20,21). The molecule has 1 aliphatic rings. The van der Waals surface area contributed by atoms with Crippen LogP contribution in [-0.2, 0) is 4.79 Å². The maximum absolute atomic E-state index is 12.4. The Morgan fingerprint density at radius 2 is 1.95 bits per heavy atom. The lowest BCUT2D eigenvalue weighted by atomic mass is 9.96. The fourth-order valence-corrected chi connectivity index (χ4v) is 2.80. The smallest absolute Gasteiger partial charge is 0.317 e. The van der Waals surface area contributed by atoms with Crippen molar-refractivity contribution in [2.45, 2.75) is 26.3 Å². The number of carboxylic acid groups (broad SMARTS) is 1. The number of urea groups is 1. The van der Waals surface area contributed by atoms with Crippen molar-refractivity contribution in [2.24, 2.45) is 11.8 Å². The van der Waals surface area contributed by atoms with Crippen LogP contribution >= 0.6 is 11.6 Å². The molecule has 120 valence electrons. The summed E-state index contributed by atoms with van der Waals surface area (Å²) in [5.74, 6) is -1.09. The summed E-state index contributed by atoms with van der Waals surface area (Å²) < 4.78 is 0. The molecule has 6 heteroatoms. The minimum atomic E-state index is -0.839. The van der Waals surface area contributed by atoms with Gasteiger partial charge in [0.05, 0.1) is 12.0 Å². The largest absolute Gasteiger partial charge is 0.481 e. The van der Waals surface area contributed by atoms with Crippen LogP contribution in [0.5, 0.6) is 0 Å². The lowest BCUT2D eigenvalue weighted by molar-refractivity contribution is -0.141. The second-order valence-corrected chi connectivity index (χ2v) is 6.43. The molecule has 1 aromatic carbocycles. The molecule has 2 unspecified atom stereocenters. The zero-order valence-electron chi connectivity index (χ0n) is 12.8. The van der Waals surface area contributed by atoms with Gasteiger partial charge in [-0.3, -0.25) is 4.79 Å². The number of benzene rings is 1. The number of aliphatic carboxylic acids is 1. The highest BCUT2D eigenvalue weighted by Crippen LogP contribution is 2.24. The van der Waals surface area contributed by atoms with Crippen LogP contribution in [-0.4, -0.2) is 35.1 Å². The molecular weight excluding hydrogens is 304 g/mol. The van der Waals surface area contributed by atoms with E-state index in [0.29, 0.717) is 18.0 Å². The highest BCUT2D eigenvalue weighted by atomic mass is 35.5. The monoisotopic (exact) mass is 324 g/mol. The van der Waals surface area contributed by atoms with Gasteiger partial charge in [0.25, 0.3) is 0 Å². The number of carbonyl (C=O) groups is 2. The summed E-state index contributed by atoms with van der Waals surface area (Å²) in [4.78, 5) is 24.9. The second-order valence-electron chi connectivity index (χ2n) is 5.99. The number of carboxylic acids is 1. The number of nitrogens with one attached hydrogen (secondary N) is 1. The summed E-state index contributed by atoms with van der Waals surface area (Å²) in [6.07, 6.45) is 0.510. The summed E-state index contributed by atoms with van der Waals surface area (Å²) in [5, 5.41) is 12.7. The van der Waals surface area contributed by atoms with E-state index < -0.39 is 11.9 Å². The molecule has 22 heavy (non-hydrogen) atoms. The van der Waals surface area contributed by atoms with Crippen LogP contribution in [0, 0.1) is 11.8 Å². The first-order valence-corrected chi connectivity index (χ1v) is 7.80. The molecule has 2 atom stereocenters. The molecule has 0 aliphatic carbocycles. The predicted octanol–water partition coefficient (Wildman–Crippen LogP) is 3.15. The van der Waals surface area contributed by atoms with Gasteiger partial charge in [0.1, 0.15) is 0 Å². The van der Waals surface area contributed by atoms with E-state index in [0.717, 1.165) is 5.56 Å². The molecule has 1 saturated heterocycles. The molecule has 1 aliphatic heterocycles. The molecule has 2 amide bonds. The average Bonchev–Trinajstić information content (AvgIpc) is 2.95. The second kappa shape index (κ2) is 7.01. The van der Waals surface area contributed by atoms with E-state index in [2.05, 4.69) is 5.32 Å². The Kier molecular flexibility index (Phi) is 5.29. The van der Waals surface area contributed by atoms with E-state index in [1.165, 1.54) is 0 Å². The summed E-state index contributed by atoms with van der Waals surface area (Å²) in [7, 11) is 0. The minimum absolute atomic E-state index is 0.131. The zero-order valence-corrected chi connectivity index (χ0v) is 13.5. The molecular formula is C16H21ClN2O3. The third-order valence-corrected chi connectivity index (χ3v) is 4.25. The van der Waals surface area contributed by atoms with Gasteiger partial charge in [-0.25, -0.2) is 4.79 Å². The lowest BCUT2D eigenvalue weighted by Crippen LogP contribution is -2.42. The molecule has 1 heterocycles. The van der Waals surface area contributed by atoms with Gasteiger partial charge in [-0.1, -0.05) is 37.6 Å². The molecule has 0 bridgehead atoms. The summed E-state index contributed by atoms with van der Waals surface area (Å²) in [6, 6.07) is 7.06. The van der Waals surface area contributed by atoms with Crippen molar-refractivity contribution < 1.29 is 14.7 Å². The average molecular weight is 325 g/mol. The summed E-state index contributed by atoms with van der Waals surface area (Å²) >= 11 is 5.90. The summed E-state index contributed by atoms with van der Waals surface area (Å²) in [6.45, 7) is 4.81. The Morgan fingerprint density at radius 3 is 2.45 bits per heavy atom. The fourth-order valence-electron chi connectivity index (χ4n) is 2.68. The van der Waals surface area contributed by atoms with Crippen LogP contribution in [0.4, 0.5) is 4.79 Å². The Labute approximate surface area is 135 Å². The Balaban J connectivity index is 2.04. The number of amides is 2. The molecule has 2 rings (SSSR count). The Bertz CT molecular complexity index is 545. The number of carbonyl (C=O) groups excluding carboxylic acids is 1. The van der Waals surface area contributed by atoms with Crippen molar-refractivity contribution in [2.75, 3.05) is 13.1 Å². The molecule has 1 fully saturated rings. The van der Waals surface area contributed by atoms with Crippen LogP contribution in [0.2, 0.25) is 5.02 Å². The fraction of sp³-hybridized carbons (Fsp3) is 0.500. The third-order valence-electron chi connectivity index (χ3n) is 4.00. The van der Waals surface area contributed by atoms with E-state index in [1.54, 1.807) is 17.0 Å². The van der Waals surface area contributed by atoms with E-state index in [-0.39, 0.29) is 24.5 Å². The first-order valence-electron chi connectivity index (χ1n) is 7.42. The SMILES string of the molecule is CC(C)C(NC(=O)N1CCC(C(=O)O)C1)c1ccc(Cl)cc1. The number of nitrogens with zero attached hydrogens (tertiary/aromatic N) is 1. The molecule has 5 nitrogen and oxygen atoms in total. The van der Waals surface area contributed by atoms with Crippen molar-refractivity contribution in [3.05, 3.63) is 34.9 Å². The molecule has 0 radical (unpaired) electrons. The Hall–Kier alpha value is -1.75. The van der Waals surface area contributed by atoms with E-state index in [4.69, 9.17) is 16.7 Å². The highest BCUT2D eigenvalue weighted by molar-refractivity contribution is 6.30. The van der Waals surface area contributed by atoms with Gasteiger partial charge in [0.2, 0.25) is 0 Å². The minimum Gasteiger partial charge on any atom is -0.481 e. The first-order chi connectivity index (χ1) is 10.4. The van der Waals surface area contributed by atoms with Crippen LogP contribution in [0.15, 0.2) is 24.3 Å². The zero-order chi connectivity index (χ0) is 16.3. The molecule has 1 aromatic rings. The van der Waals surface area contributed by atoms with E-state index in [9.17, 15) is 9.59 Å². The maximum Gasteiger partial charge on any atom is 0.317 e. The molecule has 0 aromatic heterocycles. The predicted molar refractivity (Wildman–Crippen MR) is 84.9 cm³/mol. The van der Waals surface area contributed by atoms with Crippen molar-refractivity contribution in [3.8, 4) is 0 Å². The first kappa shape index (κ1) is 16.6. The van der Waals surface area contributed by atoms with Crippen molar-refractivity contribution in [1.29, 1.82) is 0 Å². The van der Waals surface area contributed by atoms with Crippen LogP contribution in [0.1, 0.15) is 31.9 Å². The van der Waals surface area contributed by atoms with E-state index in [1.807, 2.05) is 26.0 Å². The number of likely N-dealkylation sites (tertiary alicyclic amines) is 1. The molecule has 2 N–H and O–H groups in total. The van der Waals surface area contributed by atoms with Gasteiger partial charge < -0.3 is 15.3 Å². The number of hydrogen-bond acceptors (Lipinski definition) is 2. The molecule has 0 saturated carbocycles. The van der Waals surface area contributed by atoms with Gasteiger partial charge in [0.15, 0.2) is 0 Å². The van der Waals surface area contributed by atoms with Crippen molar-refractivity contribution in [1.82, 2.24) is 10.2 Å². The topological polar surface area (TPSA) is 69.6 Å². The van der Waals surface area contributed by atoms with Crippen LogP contribution < -0.4 is 5.32 Å². The molecule has 0 spiro atoms. The quantitative estimate of drug-likeness (QED) is 0.893. The van der Waals surface area contributed by atoms with Crippen LogP contribution in [0.25, 0.3) is 0 Å². The third kappa shape index (κ3) is 3.91. The Morgan fingerprint density at radius 1 is 1.32 bits per heavy atom. The normalized spacial score (nSPS) is 19.3.